The van der Waals surface area contributed by atoms with Crippen LogP contribution in [0.4, 0.5) is 0 Å². The number of carboxylic acids is 1. The number of carbonyl (C=O) groups excluding carboxylic acids is 3. The van der Waals surface area contributed by atoms with E-state index in [0.717, 1.165) is 109 Å². The molecule has 0 aromatic carbocycles. The average Bonchev–Trinajstić information content (AvgIpc) is 2.86. The van der Waals surface area contributed by atoms with Crippen molar-refractivity contribution in [2.75, 3.05) is 47.5 Å². The number of carboxylic acid groups (broad SMARTS) is 1. The van der Waals surface area contributed by atoms with E-state index >= 15 is 0 Å². The molecule has 0 aliphatic rings. The average molecular weight is 1320 g/mol. The number of carbonyl (C=O) groups is 3. The number of aliphatic carboxylic acids is 1. The van der Waals surface area contributed by atoms with Crippen molar-refractivity contribution in [3.8, 4) is 0 Å². The minimum Gasteiger partial charge on any atom is -0.545 e. The van der Waals surface area contributed by atoms with Gasteiger partial charge in [0.2, 0.25) is 0 Å². The Morgan fingerprint density at radius 3 is 0.874 bits per heavy atom. The van der Waals surface area contributed by atoms with Crippen molar-refractivity contribution in [3.05, 3.63) is 170 Å². The summed E-state index contributed by atoms with van der Waals surface area (Å²) in [5.74, 6) is -2.37. The zero-order chi connectivity index (χ0) is 69.0. The molecule has 0 aliphatic heterocycles. The molecule has 0 rings (SSSR count). The van der Waals surface area contributed by atoms with Crippen molar-refractivity contribution in [2.24, 2.45) is 0 Å². The number of nitrogens with zero attached hydrogens (tertiary/aromatic N) is 1. The Labute approximate surface area is 584 Å². The molecule has 0 saturated carbocycles. The standard InChI is InChI=1S/C86H141NO8/c1-6-8-10-12-14-16-18-20-22-24-26-28-30-32-34-36-37-38-39-40-41-42-43-44-45-46-47-49-50-52-54-56-58-60-62-64-66-68-70-72-74-76-83(88)93-80-82(81-94-86(85(90)91)92-79-78-87(3,4)5)95-84(89)77-75-73-71-69-67-65-63-61-59-57-55-53-51-48-35-33-31-29-27-25-23-21-19-17-15-13-11-9-7-2/h8-11,14-17,20-23,26-29,32-35,51,53,57,59,63,65,69,71,82,86H,6-7,12-13,18-19,24-25,30-31,36-50,52,54-56,58,60-62,64,66-68,70,72-81H2,1-5H3/b10-8-,11-9-,16-14-,17-15-,22-20-,23-21-,28-26-,29-27-,34-32-,35-33-,53-51-,59-57-,65-63-,71-69-. The highest BCUT2D eigenvalue weighted by Crippen LogP contribution is 2.17. The smallest absolute Gasteiger partial charge is 0.306 e. The van der Waals surface area contributed by atoms with Gasteiger partial charge in [0.1, 0.15) is 13.2 Å². The quantitative estimate of drug-likeness (QED) is 0.0195. The molecule has 0 amide bonds. The largest absolute Gasteiger partial charge is 0.545 e. The van der Waals surface area contributed by atoms with Crippen LogP contribution in [0.5, 0.6) is 0 Å². The Hall–Kier alpha value is -5.35. The van der Waals surface area contributed by atoms with Gasteiger partial charge in [-0.15, -0.1) is 0 Å². The Kier molecular flexibility index (Phi) is 70.2. The third-order valence-corrected chi connectivity index (χ3v) is 16.0. The zero-order valence-corrected chi connectivity index (χ0v) is 61.5. The Balaban J connectivity index is 4.10. The van der Waals surface area contributed by atoms with Crippen LogP contribution in [-0.2, 0) is 33.3 Å². The first kappa shape index (κ1) is 89.6. The molecule has 0 saturated heterocycles. The van der Waals surface area contributed by atoms with Gasteiger partial charge in [-0.3, -0.25) is 9.59 Å². The maximum absolute atomic E-state index is 12.9. The minimum atomic E-state index is -1.65. The molecule has 9 heteroatoms. The van der Waals surface area contributed by atoms with Crippen molar-refractivity contribution in [3.63, 3.8) is 0 Å². The first-order valence-electron chi connectivity index (χ1n) is 38.3. The van der Waals surface area contributed by atoms with E-state index < -0.39 is 24.3 Å². The molecule has 0 radical (unpaired) electrons. The summed E-state index contributed by atoms with van der Waals surface area (Å²) in [6, 6.07) is 0. The second-order valence-electron chi connectivity index (χ2n) is 26.2. The van der Waals surface area contributed by atoms with Crippen molar-refractivity contribution in [2.45, 2.75) is 309 Å². The van der Waals surface area contributed by atoms with Gasteiger partial charge in [-0.05, 0) is 122 Å². The first-order chi connectivity index (χ1) is 46.6. The summed E-state index contributed by atoms with van der Waals surface area (Å²) in [6.45, 7) is 4.46. The van der Waals surface area contributed by atoms with E-state index in [-0.39, 0.29) is 38.6 Å². The van der Waals surface area contributed by atoms with Crippen LogP contribution in [0.2, 0.25) is 0 Å². The SMILES string of the molecule is CC/C=C\C/C=C\C/C=C\C/C=C\C/C=C\C/C=C\C/C=C\C/C=C\C/C=C\CCCC(=O)OC(COC(=O)CCCCCCCCCCCCCCCCCCCCCCCCCCC/C=C\C/C=C\C/C=C\C/C=C\C/C=C\CC)COC(OCC[N+](C)(C)C)C(=O)[O-]. The lowest BCUT2D eigenvalue weighted by Crippen LogP contribution is -2.44. The van der Waals surface area contributed by atoms with E-state index in [9.17, 15) is 19.5 Å². The molecule has 95 heavy (non-hydrogen) atoms. The molecule has 0 N–H and O–H groups in total. The van der Waals surface area contributed by atoms with Crippen molar-refractivity contribution < 1.29 is 42.9 Å². The van der Waals surface area contributed by atoms with E-state index in [1.807, 2.05) is 21.1 Å². The topological polar surface area (TPSA) is 111 Å². The fourth-order valence-electron chi connectivity index (χ4n) is 10.2. The van der Waals surface area contributed by atoms with Gasteiger partial charge in [0, 0.05) is 12.8 Å². The van der Waals surface area contributed by atoms with Crippen LogP contribution in [0.25, 0.3) is 0 Å². The van der Waals surface area contributed by atoms with Gasteiger partial charge in [-0.25, -0.2) is 0 Å². The number of allylic oxidation sites excluding steroid dienone is 28. The fraction of sp³-hybridized carbons (Fsp3) is 0.640. The zero-order valence-electron chi connectivity index (χ0n) is 61.5. The highest BCUT2D eigenvalue weighted by Gasteiger charge is 2.22. The molecular formula is C86H141NO8. The second kappa shape index (κ2) is 74.4. The predicted molar refractivity (Wildman–Crippen MR) is 407 cm³/mol. The van der Waals surface area contributed by atoms with E-state index in [0.29, 0.717) is 23.9 Å². The van der Waals surface area contributed by atoms with E-state index in [4.69, 9.17) is 18.9 Å². The molecule has 2 unspecified atom stereocenters. The molecule has 0 heterocycles. The lowest BCUT2D eigenvalue weighted by atomic mass is 10.0. The van der Waals surface area contributed by atoms with Gasteiger partial charge >= 0.3 is 11.9 Å². The summed E-state index contributed by atoms with van der Waals surface area (Å²) in [6.07, 6.45) is 109. The Morgan fingerprint density at radius 1 is 0.316 bits per heavy atom. The molecule has 0 spiro atoms. The van der Waals surface area contributed by atoms with Crippen LogP contribution in [0, 0.1) is 0 Å². The minimum absolute atomic E-state index is 0.130. The Bertz CT molecular complexity index is 2170. The maximum Gasteiger partial charge on any atom is 0.306 e. The van der Waals surface area contributed by atoms with Crippen LogP contribution < -0.4 is 5.11 Å². The van der Waals surface area contributed by atoms with Crippen LogP contribution in [0.3, 0.4) is 0 Å². The highest BCUT2D eigenvalue weighted by atomic mass is 16.7. The number of quaternary nitrogens is 1. The lowest BCUT2D eigenvalue weighted by molar-refractivity contribution is -0.870. The predicted octanol–water partition coefficient (Wildman–Crippen LogP) is 23.2. The summed E-state index contributed by atoms with van der Waals surface area (Å²) in [4.78, 5) is 37.5. The number of hydrogen-bond acceptors (Lipinski definition) is 8. The van der Waals surface area contributed by atoms with Gasteiger partial charge < -0.3 is 33.3 Å². The lowest BCUT2D eigenvalue weighted by Gasteiger charge is -2.26. The molecule has 0 aromatic rings. The van der Waals surface area contributed by atoms with Crippen molar-refractivity contribution in [1.82, 2.24) is 0 Å². The van der Waals surface area contributed by atoms with Gasteiger partial charge in [0.25, 0.3) is 0 Å². The number of esters is 2. The highest BCUT2D eigenvalue weighted by molar-refractivity contribution is 5.70. The summed E-state index contributed by atoms with van der Waals surface area (Å²) in [7, 11) is 5.91. The van der Waals surface area contributed by atoms with E-state index in [1.54, 1.807) is 0 Å². The summed E-state index contributed by atoms with van der Waals surface area (Å²) in [5.41, 5.74) is 0. The molecule has 538 valence electrons. The van der Waals surface area contributed by atoms with Crippen molar-refractivity contribution in [1.29, 1.82) is 0 Å². The molecule has 0 aliphatic carbocycles. The third-order valence-electron chi connectivity index (χ3n) is 16.0. The first-order valence-corrected chi connectivity index (χ1v) is 38.3. The number of ether oxygens (including phenoxy) is 4. The van der Waals surface area contributed by atoms with E-state index in [1.165, 1.54) is 148 Å². The number of likely N-dealkylation sites (N-methyl/N-ethyl adjacent to an activating group) is 1. The van der Waals surface area contributed by atoms with Crippen LogP contribution >= 0.6 is 0 Å². The maximum atomic E-state index is 12.9. The van der Waals surface area contributed by atoms with Gasteiger partial charge in [0.05, 0.1) is 40.3 Å². The number of rotatable bonds is 69. The second-order valence-corrected chi connectivity index (χ2v) is 26.2. The Morgan fingerprint density at radius 2 is 0.579 bits per heavy atom. The van der Waals surface area contributed by atoms with E-state index in [2.05, 4.69) is 184 Å². The monoisotopic (exact) mass is 1320 g/mol. The number of hydrogen-bond donors (Lipinski definition) is 0. The fourth-order valence-corrected chi connectivity index (χ4v) is 10.2. The van der Waals surface area contributed by atoms with Crippen LogP contribution in [0.15, 0.2) is 170 Å². The summed E-state index contributed by atoms with van der Waals surface area (Å²) < 4.78 is 22.7. The summed E-state index contributed by atoms with van der Waals surface area (Å²) in [5, 5.41) is 11.8. The molecule has 2 atom stereocenters. The van der Waals surface area contributed by atoms with Gasteiger partial charge in [-0.2, -0.15) is 0 Å². The molecule has 0 fully saturated rings. The molecule has 0 bridgehead atoms. The number of unbranched alkanes of at least 4 members (excludes halogenated alkanes) is 26. The van der Waals surface area contributed by atoms with Gasteiger partial charge in [-0.1, -0.05) is 332 Å². The molecular weight excluding hydrogens is 1170 g/mol. The molecule has 9 nitrogen and oxygen atoms in total. The normalized spacial score (nSPS) is 13.7. The molecule has 0 aromatic heterocycles. The van der Waals surface area contributed by atoms with Gasteiger partial charge in [0.15, 0.2) is 12.4 Å². The third kappa shape index (κ3) is 75.9. The van der Waals surface area contributed by atoms with Crippen molar-refractivity contribution >= 4 is 17.9 Å². The van der Waals surface area contributed by atoms with Crippen LogP contribution in [-0.4, -0.2) is 82.3 Å². The summed E-state index contributed by atoms with van der Waals surface area (Å²) >= 11 is 0. The van der Waals surface area contributed by atoms with Crippen LogP contribution in [0.1, 0.15) is 296 Å².